The fraction of sp³-hybridized carbons (Fsp3) is 0.182. The minimum atomic E-state index is -0.877. The number of nitrogens with one attached hydrogen (secondary N) is 1. The van der Waals surface area contributed by atoms with Gasteiger partial charge in [-0.15, -0.1) is 0 Å². The third-order valence-electron chi connectivity index (χ3n) is 4.57. The van der Waals surface area contributed by atoms with E-state index in [4.69, 9.17) is 9.47 Å². The highest BCUT2D eigenvalue weighted by Crippen LogP contribution is 2.37. The predicted molar refractivity (Wildman–Crippen MR) is 103 cm³/mol. The van der Waals surface area contributed by atoms with Gasteiger partial charge in [0.2, 0.25) is 11.8 Å². The Kier molecular flexibility index (Phi) is 5.12. The molecule has 7 heteroatoms. The predicted octanol–water partition coefficient (Wildman–Crippen LogP) is 5.18. The number of hydrogen-bond donors (Lipinski definition) is 1. The van der Waals surface area contributed by atoms with Crippen LogP contribution in [0.25, 0.3) is 0 Å². The Morgan fingerprint density at radius 3 is 2.72 bits per heavy atom. The lowest BCUT2D eigenvalue weighted by molar-refractivity contribution is -0.114. The molecule has 0 saturated heterocycles. The Hall–Kier alpha value is -3.48. The van der Waals surface area contributed by atoms with E-state index in [1.165, 1.54) is 19.2 Å². The monoisotopic (exact) mass is 396 g/mol. The van der Waals surface area contributed by atoms with Crippen molar-refractivity contribution in [3.8, 4) is 17.4 Å². The molecule has 1 aliphatic rings. The van der Waals surface area contributed by atoms with Gasteiger partial charge in [-0.05, 0) is 60.4 Å². The summed E-state index contributed by atoms with van der Waals surface area (Å²) in [5.74, 6) is -0.221. The van der Waals surface area contributed by atoms with Gasteiger partial charge in [0.05, 0.1) is 11.9 Å². The average Bonchev–Trinajstić information content (AvgIpc) is 2.71. The molecular formula is C22H18F2N2O3. The Balaban J connectivity index is 1.46. The van der Waals surface area contributed by atoms with Crippen molar-refractivity contribution in [2.75, 3.05) is 5.32 Å². The zero-order chi connectivity index (χ0) is 20.4. The minimum absolute atomic E-state index is 0.170. The molecule has 1 N–H and O–H groups in total. The van der Waals surface area contributed by atoms with E-state index < -0.39 is 11.6 Å². The molecule has 0 spiro atoms. The van der Waals surface area contributed by atoms with Gasteiger partial charge in [-0.2, -0.15) is 0 Å². The highest BCUT2D eigenvalue weighted by atomic mass is 19.2. The lowest BCUT2D eigenvalue weighted by Gasteiger charge is -2.26. The first kappa shape index (κ1) is 18.9. The largest absolute Gasteiger partial charge is 0.485 e. The molecule has 2 heterocycles. The van der Waals surface area contributed by atoms with Gasteiger partial charge in [0.15, 0.2) is 11.6 Å². The number of ether oxygens (including phenoxy) is 2. The Morgan fingerprint density at radius 1 is 1.14 bits per heavy atom. The number of halogens is 2. The first-order chi connectivity index (χ1) is 14.0. The zero-order valence-corrected chi connectivity index (χ0v) is 15.6. The topological polar surface area (TPSA) is 60.5 Å². The summed E-state index contributed by atoms with van der Waals surface area (Å²) in [6, 6.07) is 12.6. The summed E-state index contributed by atoms with van der Waals surface area (Å²) in [5, 5.41) is 2.64. The first-order valence-corrected chi connectivity index (χ1v) is 9.14. The van der Waals surface area contributed by atoms with Crippen LogP contribution in [0.3, 0.4) is 0 Å². The van der Waals surface area contributed by atoms with E-state index in [9.17, 15) is 13.6 Å². The number of pyridine rings is 1. The van der Waals surface area contributed by atoms with Crippen molar-refractivity contribution in [3.63, 3.8) is 0 Å². The fourth-order valence-electron chi connectivity index (χ4n) is 3.21. The number of aromatic nitrogens is 1. The fourth-order valence-corrected chi connectivity index (χ4v) is 3.21. The van der Waals surface area contributed by atoms with Crippen molar-refractivity contribution in [2.45, 2.75) is 25.9 Å². The Morgan fingerprint density at radius 2 is 2.00 bits per heavy atom. The van der Waals surface area contributed by atoms with Gasteiger partial charge < -0.3 is 14.8 Å². The standard InChI is InChI=1S/C22H18F2N2O3/c1-13(27)26-16-4-9-22(25-12-16)28-17-5-8-21-14(10-17)3-7-20(29-21)15-2-6-18(23)19(24)11-15/h2,4-6,8-12,20H,3,7H2,1H3,(H,26,27). The third kappa shape index (κ3) is 4.34. The summed E-state index contributed by atoms with van der Waals surface area (Å²) < 4.78 is 38.4. The maximum atomic E-state index is 13.5. The molecule has 1 unspecified atom stereocenters. The van der Waals surface area contributed by atoms with Crippen molar-refractivity contribution in [1.82, 2.24) is 4.98 Å². The Bertz CT molecular complexity index is 1050. The van der Waals surface area contributed by atoms with Crippen LogP contribution in [-0.2, 0) is 11.2 Å². The molecule has 1 atom stereocenters. The normalized spacial score (nSPS) is 15.2. The maximum absolute atomic E-state index is 13.5. The van der Waals surface area contributed by atoms with Crippen molar-refractivity contribution in [1.29, 1.82) is 0 Å². The molecular weight excluding hydrogens is 378 g/mol. The molecule has 0 fully saturated rings. The van der Waals surface area contributed by atoms with Crippen LogP contribution < -0.4 is 14.8 Å². The van der Waals surface area contributed by atoms with Crippen molar-refractivity contribution in [2.24, 2.45) is 0 Å². The smallest absolute Gasteiger partial charge is 0.221 e. The van der Waals surface area contributed by atoms with E-state index in [-0.39, 0.29) is 12.0 Å². The van der Waals surface area contributed by atoms with E-state index in [1.54, 1.807) is 30.3 Å². The number of rotatable bonds is 4. The molecule has 0 aliphatic carbocycles. The van der Waals surface area contributed by atoms with Crippen LogP contribution in [0.5, 0.6) is 17.4 Å². The van der Waals surface area contributed by atoms with E-state index in [0.717, 1.165) is 11.6 Å². The number of hydrogen-bond acceptors (Lipinski definition) is 4. The number of fused-ring (bicyclic) bond motifs is 1. The van der Waals surface area contributed by atoms with Crippen LogP contribution in [0.1, 0.15) is 30.6 Å². The Labute approximate surface area is 166 Å². The van der Waals surface area contributed by atoms with Gasteiger partial charge in [-0.3, -0.25) is 4.79 Å². The lowest BCUT2D eigenvalue weighted by atomic mass is 9.97. The highest BCUT2D eigenvalue weighted by molar-refractivity contribution is 5.88. The molecule has 0 bridgehead atoms. The molecule has 2 aromatic carbocycles. The number of nitrogens with zero attached hydrogens (tertiary/aromatic N) is 1. The second kappa shape index (κ2) is 7.87. The third-order valence-corrected chi connectivity index (χ3v) is 4.57. The quantitative estimate of drug-likeness (QED) is 0.660. The van der Waals surface area contributed by atoms with Crippen molar-refractivity contribution < 1.29 is 23.0 Å². The molecule has 5 nitrogen and oxygen atoms in total. The maximum Gasteiger partial charge on any atom is 0.221 e. The van der Waals surface area contributed by atoms with Crippen LogP contribution in [0, 0.1) is 11.6 Å². The van der Waals surface area contributed by atoms with Crippen LogP contribution in [-0.4, -0.2) is 10.9 Å². The molecule has 1 amide bonds. The first-order valence-electron chi connectivity index (χ1n) is 9.14. The van der Waals surface area contributed by atoms with E-state index in [1.807, 2.05) is 6.07 Å². The molecule has 1 aromatic heterocycles. The summed E-state index contributed by atoms with van der Waals surface area (Å²) >= 11 is 0. The molecule has 148 valence electrons. The molecule has 1 aliphatic heterocycles. The van der Waals surface area contributed by atoms with Crippen LogP contribution in [0.2, 0.25) is 0 Å². The average molecular weight is 396 g/mol. The van der Waals surface area contributed by atoms with Gasteiger partial charge in [0.1, 0.15) is 17.6 Å². The molecule has 29 heavy (non-hydrogen) atoms. The minimum Gasteiger partial charge on any atom is -0.485 e. The van der Waals surface area contributed by atoms with E-state index >= 15 is 0 Å². The summed E-state index contributed by atoms with van der Waals surface area (Å²) in [7, 11) is 0. The summed E-state index contributed by atoms with van der Waals surface area (Å²) in [6.07, 6.45) is 2.55. The second-order valence-electron chi connectivity index (χ2n) is 6.76. The second-order valence-corrected chi connectivity index (χ2v) is 6.76. The van der Waals surface area contributed by atoms with Crippen molar-refractivity contribution >= 4 is 11.6 Å². The molecule has 0 saturated carbocycles. The van der Waals surface area contributed by atoms with Gasteiger partial charge in [-0.25, -0.2) is 13.8 Å². The van der Waals surface area contributed by atoms with Crippen molar-refractivity contribution in [3.05, 3.63) is 77.5 Å². The molecule has 0 radical (unpaired) electrons. The van der Waals surface area contributed by atoms with E-state index in [2.05, 4.69) is 10.3 Å². The summed E-state index contributed by atoms with van der Waals surface area (Å²) in [5.41, 5.74) is 2.17. The van der Waals surface area contributed by atoms with Crippen LogP contribution in [0.15, 0.2) is 54.7 Å². The van der Waals surface area contributed by atoms with Gasteiger partial charge in [-0.1, -0.05) is 6.07 Å². The lowest BCUT2D eigenvalue weighted by Crippen LogP contribution is -2.15. The number of amides is 1. The molecule has 3 aromatic rings. The van der Waals surface area contributed by atoms with E-state index in [0.29, 0.717) is 41.5 Å². The van der Waals surface area contributed by atoms with Gasteiger partial charge in [0.25, 0.3) is 0 Å². The highest BCUT2D eigenvalue weighted by Gasteiger charge is 2.23. The summed E-state index contributed by atoms with van der Waals surface area (Å²) in [6.45, 7) is 1.43. The molecule has 4 rings (SSSR count). The number of carbonyl (C=O) groups is 1. The number of anilines is 1. The number of carbonyl (C=O) groups excluding carboxylic acids is 1. The van der Waals surface area contributed by atoms with Gasteiger partial charge >= 0.3 is 0 Å². The number of aryl methyl sites for hydroxylation is 1. The zero-order valence-electron chi connectivity index (χ0n) is 15.6. The number of benzene rings is 2. The van der Waals surface area contributed by atoms with Crippen LogP contribution >= 0.6 is 0 Å². The van der Waals surface area contributed by atoms with Crippen LogP contribution in [0.4, 0.5) is 14.5 Å². The SMILES string of the molecule is CC(=O)Nc1ccc(Oc2ccc3c(c2)CCC(c2ccc(F)c(F)c2)O3)nc1. The van der Waals surface area contributed by atoms with Gasteiger partial charge in [0, 0.05) is 13.0 Å². The summed E-state index contributed by atoms with van der Waals surface area (Å²) in [4.78, 5) is 15.2.